The van der Waals surface area contributed by atoms with Crippen LogP contribution in [0.5, 0.6) is 0 Å². The molecule has 1 heteroatoms. The lowest BCUT2D eigenvalue weighted by Gasteiger charge is -1.92. The zero-order valence-electron chi connectivity index (χ0n) is 5.77. The molecule has 2 aliphatic carbocycles. The average Bonchev–Trinajstić information content (AvgIpc) is 2.72. The van der Waals surface area contributed by atoms with E-state index in [0.29, 0.717) is 6.61 Å². The van der Waals surface area contributed by atoms with Gasteiger partial charge in [-0.15, -0.1) is 0 Å². The van der Waals surface area contributed by atoms with Gasteiger partial charge in [0.25, 0.3) is 0 Å². The van der Waals surface area contributed by atoms with Crippen molar-refractivity contribution in [2.24, 2.45) is 11.3 Å². The molecule has 0 aromatic rings. The van der Waals surface area contributed by atoms with Crippen LogP contribution in [0, 0.1) is 11.3 Å². The van der Waals surface area contributed by atoms with Gasteiger partial charge in [0.1, 0.15) is 0 Å². The second kappa shape index (κ2) is 1.72. The molecule has 2 fully saturated rings. The third-order valence-corrected chi connectivity index (χ3v) is 2.96. The Balaban J connectivity index is 1.67. The first-order chi connectivity index (χ1) is 4.37. The van der Waals surface area contributed by atoms with E-state index >= 15 is 0 Å². The van der Waals surface area contributed by atoms with Crippen molar-refractivity contribution in [3.05, 3.63) is 0 Å². The second-order valence-electron chi connectivity index (χ2n) is 3.63. The van der Waals surface area contributed by atoms with Gasteiger partial charge in [-0.05, 0) is 43.4 Å². The highest BCUT2D eigenvalue weighted by Gasteiger charge is 2.61. The van der Waals surface area contributed by atoms with Crippen LogP contribution in [0.4, 0.5) is 0 Å². The minimum atomic E-state index is 0.395. The second-order valence-corrected chi connectivity index (χ2v) is 3.63. The lowest BCUT2D eigenvalue weighted by Crippen LogP contribution is -1.85. The molecule has 0 aromatic heterocycles. The van der Waals surface area contributed by atoms with E-state index in [-0.39, 0.29) is 0 Å². The van der Waals surface area contributed by atoms with Crippen LogP contribution in [0.15, 0.2) is 0 Å². The topological polar surface area (TPSA) is 20.2 Å². The largest absolute Gasteiger partial charge is 0.396 e. The zero-order chi connectivity index (χ0) is 6.32. The van der Waals surface area contributed by atoms with Crippen molar-refractivity contribution in [3.8, 4) is 0 Å². The van der Waals surface area contributed by atoms with E-state index in [1.807, 2.05) is 0 Å². The summed E-state index contributed by atoms with van der Waals surface area (Å²) in [5, 5.41) is 8.53. The van der Waals surface area contributed by atoms with Crippen LogP contribution in [0.1, 0.15) is 32.1 Å². The highest BCUT2D eigenvalue weighted by atomic mass is 16.2. The highest BCUT2D eigenvalue weighted by molar-refractivity contribution is 5.11. The first-order valence-corrected chi connectivity index (χ1v) is 3.98. The van der Waals surface area contributed by atoms with E-state index < -0.39 is 0 Å². The number of rotatable bonds is 3. The Kier molecular flexibility index (Phi) is 1.10. The van der Waals surface area contributed by atoms with Gasteiger partial charge in [-0.1, -0.05) is 0 Å². The molecule has 2 rings (SSSR count). The molecule has 0 aliphatic heterocycles. The maximum Gasteiger partial charge on any atom is 0.0431 e. The van der Waals surface area contributed by atoms with Gasteiger partial charge in [0.2, 0.25) is 0 Å². The first kappa shape index (κ1) is 5.72. The van der Waals surface area contributed by atoms with E-state index in [2.05, 4.69) is 0 Å². The standard InChI is InChI=1S/C8H14O/c9-5-1-2-7-6-8(7)3-4-8/h7,9H,1-6H2. The Bertz CT molecular complexity index is 116. The third kappa shape index (κ3) is 0.877. The molecule has 9 heavy (non-hydrogen) atoms. The number of aliphatic hydroxyl groups is 1. The molecule has 0 bridgehead atoms. The Morgan fingerprint density at radius 2 is 2.22 bits per heavy atom. The monoisotopic (exact) mass is 126 g/mol. The number of hydrogen-bond donors (Lipinski definition) is 1. The maximum absolute atomic E-state index is 8.53. The molecule has 1 spiro atoms. The molecule has 0 aromatic carbocycles. The van der Waals surface area contributed by atoms with Crippen LogP contribution in [-0.4, -0.2) is 11.7 Å². The lowest BCUT2D eigenvalue weighted by atomic mass is 10.2. The van der Waals surface area contributed by atoms with Gasteiger partial charge < -0.3 is 5.11 Å². The van der Waals surface area contributed by atoms with Crippen LogP contribution in [0.25, 0.3) is 0 Å². The fourth-order valence-corrected chi connectivity index (χ4v) is 1.95. The first-order valence-electron chi connectivity index (χ1n) is 3.98. The summed E-state index contributed by atoms with van der Waals surface area (Å²) in [5.41, 5.74) is 0.856. The highest BCUT2D eigenvalue weighted by Crippen LogP contribution is 2.71. The van der Waals surface area contributed by atoms with Crippen molar-refractivity contribution < 1.29 is 5.11 Å². The Hall–Kier alpha value is -0.0400. The molecular weight excluding hydrogens is 112 g/mol. The van der Waals surface area contributed by atoms with Crippen molar-refractivity contribution in [2.45, 2.75) is 32.1 Å². The van der Waals surface area contributed by atoms with E-state index in [1.165, 1.54) is 25.7 Å². The Morgan fingerprint density at radius 3 is 2.67 bits per heavy atom. The normalized spacial score (nSPS) is 35.0. The fraction of sp³-hybridized carbons (Fsp3) is 1.00. The summed E-state index contributed by atoms with van der Waals surface area (Å²) in [4.78, 5) is 0. The quantitative estimate of drug-likeness (QED) is 0.608. The van der Waals surface area contributed by atoms with Crippen molar-refractivity contribution >= 4 is 0 Å². The molecule has 0 radical (unpaired) electrons. The molecule has 2 saturated carbocycles. The summed E-state index contributed by atoms with van der Waals surface area (Å²) < 4.78 is 0. The van der Waals surface area contributed by atoms with E-state index in [4.69, 9.17) is 5.11 Å². The minimum Gasteiger partial charge on any atom is -0.396 e. The van der Waals surface area contributed by atoms with Crippen molar-refractivity contribution in [1.82, 2.24) is 0 Å². The minimum absolute atomic E-state index is 0.395. The van der Waals surface area contributed by atoms with Gasteiger partial charge in [0.05, 0.1) is 0 Å². The molecule has 0 saturated heterocycles. The van der Waals surface area contributed by atoms with Crippen LogP contribution < -0.4 is 0 Å². The summed E-state index contributed by atoms with van der Waals surface area (Å²) in [6.45, 7) is 0.395. The van der Waals surface area contributed by atoms with Crippen LogP contribution in [-0.2, 0) is 0 Å². The molecular formula is C8H14O. The molecule has 1 unspecified atom stereocenters. The van der Waals surface area contributed by atoms with Crippen molar-refractivity contribution in [2.75, 3.05) is 6.61 Å². The SMILES string of the molecule is OCCCC1CC12CC2. The molecule has 52 valence electrons. The van der Waals surface area contributed by atoms with Crippen molar-refractivity contribution in [3.63, 3.8) is 0 Å². The molecule has 2 aliphatic rings. The fourth-order valence-electron chi connectivity index (χ4n) is 1.95. The number of aliphatic hydroxyl groups excluding tert-OH is 1. The third-order valence-electron chi connectivity index (χ3n) is 2.96. The van der Waals surface area contributed by atoms with Gasteiger partial charge >= 0.3 is 0 Å². The summed E-state index contributed by atoms with van der Waals surface area (Å²) in [6.07, 6.45) is 6.78. The van der Waals surface area contributed by atoms with Gasteiger partial charge in [0, 0.05) is 6.61 Å². The maximum atomic E-state index is 8.53. The van der Waals surface area contributed by atoms with Crippen LogP contribution in [0.2, 0.25) is 0 Å². The van der Waals surface area contributed by atoms with E-state index in [0.717, 1.165) is 17.8 Å². The molecule has 1 nitrogen and oxygen atoms in total. The predicted octanol–water partition coefficient (Wildman–Crippen LogP) is 1.56. The molecule has 1 atom stereocenters. The Labute approximate surface area is 56.1 Å². The van der Waals surface area contributed by atoms with Gasteiger partial charge in [0.15, 0.2) is 0 Å². The van der Waals surface area contributed by atoms with Crippen LogP contribution in [0.3, 0.4) is 0 Å². The summed E-state index contributed by atoms with van der Waals surface area (Å²) in [6, 6.07) is 0. The average molecular weight is 126 g/mol. The van der Waals surface area contributed by atoms with E-state index in [9.17, 15) is 0 Å². The van der Waals surface area contributed by atoms with E-state index in [1.54, 1.807) is 0 Å². The van der Waals surface area contributed by atoms with Gasteiger partial charge in [-0.3, -0.25) is 0 Å². The summed E-state index contributed by atoms with van der Waals surface area (Å²) in [7, 11) is 0. The zero-order valence-corrected chi connectivity index (χ0v) is 5.77. The lowest BCUT2D eigenvalue weighted by molar-refractivity contribution is 0.280. The molecule has 1 N–H and O–H groups in total. The predicted molar refractivity (Wildman–Crippen MR) is 36.1 cm³/mol. The summed E-state index contributed by atoms with van der Waals surface area (Å²) in [5.74, 6) is 1.02. The Morgan fingerprint density at radius 1 is 1.44 bits per heavy atom. The molecule has 0 heterocycles. The van der Waals surface area contributed by atoms with Gasteiger partial charge in [-0.25, -0.2) is 0 Å². The smallest absolute Gasteiger partial charge is 0.0431 e. The molecule has 0 amide bonds. The van der Waals surface area contributed by atoms with Gasteiger partial charge in [-0.2, -0.15) is 0 Å². The number of hydrogen-bond acceptors (Lipinski definition) is 1. The summed E-state index contributed by atoms with van der Waals surface area (Å²) >= 11 is 0. The van der Waals surface area contributed by atoms with Crippen molar-refractivity contribution in [1.29, 1.82) is 0 Å². The van der Waals surface area contributed by atoms with Crippen LogP contribution >= 0.6 is 0 Å².